The zero-order valence-electron chi connectivity index (χ0n) is 17.0. The molecule has 0 saturated carbocycles. The van der Waals surface area contributed by atoms with Gasteiger partial charge in [-0.2, -0.15) is 0 Å². The predicted octanol–water partition coefficient (Wildman–Crippen LogP) is 5.20. The van der Waals surface area contributed by atoms with Crippen molar-refractivity contribution in [2.45, 2.75) is 80.7 Å². The molecule has 3 unspecified atom stereocenters. The molecule has 0 heterocycles. The number of carbonyl (C=O) groups excluding carboxylic acids is 1. The van der Waals surface area contributed by atoms with E-state index in [-0.39, 0.29) is 28.7 Å². The normalized spacial score (nSPS) is 22.2. The first-order valence-corrected chi connectivity index (χ1v) is 9.43. The third-order valence-electron chi connectivity index (χ3n) is 4.59. The van der Waals surface area contributed by atoms with E-state index in [0.717, 1.165) is 12.8 Å². The maximum atomic E-state index is 12.1. The quantitative estimate of drug-likeness (QED) is 0.526. The average molecular weight is 332 g/mol. The van der Waals surface area contributed by atoms with Crippen LogP contribution >= 0.6 is 0 Å². The van der Waals surface area contributed by atoms with E-state index in [1.807, 2.05) is 20.8 Å². The molecule has 1 N–H and O–H groups in total. The average Bonchev–Trinajstić information content (AvgIpc) is 2.80. The number of allylic oxidation sites excluding steroid dienone is 2. The fraction of sp³-hybridized carbons (Fsp3) is 0.773. The van der Waals surface area contributed by atoms with Crippen LogP contribution in [0.2, 0.25) is 0 Å². The van der Waals surface area contributed by atoms with Gasteiger partial charge in [-0.05, 0) is 72.6 Å². The minimum Gasteiger partial charge on any atom is -0.354 e. The van der Waals surface area contributed by atoms with Gasteiger partial charge >= 0.3 is 0 Å². The molecule has 0 aromatic carbocycles. The van der Waals surface area contributed by atoms with Crippen LogP contribution in [-0.2, 0) is 4.79 Å². The second-order valence-electron chi connectivity index (χ2n) is 9.35. The van der Waals surface area contributed by atoms with E-state index >= 15 is 0 Å². The van der Waals surface area contributed by atoms with Crippen molar-refractivity contribution in [3.8, 4) is 11.8 Å². The number of rotatable bonds is 6. The van der Waals surface area contributed by atoms with Crippen molar-refractivity contribution < 1.29 is 4.79 Å². The van der Waals surface area contributed by atoms with Gasteiger partial charge in [0.15, 0.2) is 0 Å². The van der Waals surface area contributed by atoms with Crippen LogP contribution in [0.5, 0.6) is 0 Å². The molecular weight excluding hydrogens is 294 g/mol. The Morgan fingerprint density at radius 2 is 1.71 bits per heavy atom. The number of nitrogens with one attached hydrogen (secondary N) is 1. The number of carbonyl (C=O) groups is 1. The summed E-state index contributed by atoms with van der Waals surface area (Å²) in [6, 6.07) is 0.190. The first-order valence-electron chi connectivity index (χ1n) is 9.43. The smallest absolute Gasteiger partial charge is 0.223 e. The van der Waals surface area contributed by atoms with E-state index in [9.17, 15) is 4.79 Å². The third-order valence-corrected chi connectivity index (χ3v) is 4.59. The predicted molar refractivity (Wildman–Crippen MR) is 103 cm³/mol. The van der Waals surface area contributed by atoms with Gasteiger partial charge in [-0.3, -0.25) is 4.79 Å². The molecule has 0 bridgehead atoms. The van der Waals surface area contributed by atoms with Crippen LogP contribution in [0, 0.1) is 40.4 Å². The summed E-state index contributed by atoms with van der Waals surface area (Å²) < 4.78 is 0. The van der Waals surface area contributed by atoms with E-state index in [4.69, 9.17) is 0 Å². The summed E-state index contributed by atoms with van der Waals surface area (Å²) in [5, 5.41) is 3.00. The molecule has 0 fully saturated rings. The summed E-state index contributed by atoms with van der Waals surface area (Å²) in [4.78, 5) is 12.1. The lowest BCUT2D eigenvalue weighted by atomic mass is 9.79. The molecule has 0 saturated heterocycles. The van der Waals surface area contributed by atoms with Crippen LogP contribution in [0.4, 0.5) is 0 Å². The van der Waals surface area contributed by atoms with Crippen molar-refractivity contribution in [1.82, 2.24) is 5.32 Å². The van der Waals surface area contributed by atoms with Crippen LogP contribution in [0.1, 0.15) is 74.7 Å². The first-order chi connectivity index (χ1) is 10.9. The fourth-order valence-electron chi connectivity index (χ4n) is 3.51. The molecule has 1 aliphatic carbocycles. The van der Waals surface area contributed by atoms with Gasteiger partial charge in [0.1, 0.15) is 0 Å². The molecule has 0 aromatic heterocycles. The molecule has 1 aliphatic rings. The third kappa shape index (κ3) is 7.56. The molecule has 2 nitrogen and oxygen atoms in total. The van der Waals surface area contributed by atoms with Gasteiger partial charge < -0.3 is 5.32 Å². The van der Waals surface area contributed by atoms with Crippen molar-refractivity contribution in [2.75, 3.05) is 0 Å². The maximum Gasteiger partial charge on any atom is 0.223 e. The Balaban J connectivity index is 2.63. The summed E-state index contributed by atoms with van der Waals surface area (Å²) in [6.07, 6.45) is 7.83. The van der Waals surface area contributed by atoms with E-state index in [1.54, 1.807) is 0 Å². The summed E-state index contributed by atoms with van der Waals surface area (Å²) in [5.74, 6) is 8.45. The Bertz CT molecular complexity index is 516. The molecular formula is C22H37NO. The second kappa shape index (κ2) is 8.24. The second-order valence-corrected chi connectivity index (χ2v) is 9.35. The van der Waals surface area contributed by atoms with E-state index < -0.39 is 0 Å². The van der Waals surface area contributed by atoms with Gasteiger partial charge in [-0.1, -0.05) is 37.8 Å². The molecule has 0 aliphatic heterocycles. The Morgan fingerprint density at radius 3 is 2.21 bits per heavy atom. The zero-order chi connectivity index (χ0) is 18.5. The molecule has 1 rings (SSSR count). The van der Waals surface area contributed by atoms with Gasteiger partial charge in [-0.25, -0.2) is 0 Å². The lowest BCUT2D eigenvalue weighted by Crippen LogP contribution is -2.36. The molecule has 0 spiro atoms. The number of amides is 1. The van der Waals surface area contributed by atoms with Gasteiger partial charge in [0.25, 0.3) is 0 Å². The highest BCUT2D eigenvalue weighted by molar-refractivity contribution is 5.78. The molecule has 3 atom stereocenters. The van der Waals surface area contributed by atoms with Crippen LogP contribution < -0.4 is 5.32 Å². The van der Waals surface area contributed by atoms with E-state index in [1.165, 1.54) is 6.42 Å². The fourth-order valence-corrected chi connectivity index (χ4v) is 3.51. The molecule has 2 heteroatoms. The van der Waals surface area contributed by atoms with E-state index in [0.29, 0.717) is 11.8 Å². The molecule has 24 heavy (non-hydrogen) atoms. The molecule has 0 aromatic rings. The highest BCUT2D eigenvalue weighted by Crippen LogP contribution is 2.34. The Labute approximate surface area is 149 Å². The standard InChI is InChI=1S/C22H37NO/c1-16(2)23-20(24)18(4)14-21(5,6)11-12-22(7,8)15-19-10-9-17(3)13-19/h9-10,16-19H,13-15H2,1-8H3,(H,23,24). The summed E-state index contributed by atoms with van der Waals surface area (Å²) >= 11 is 0. The Hall–Kier alpha value is -1.23. The zero-order valence-corrected chi connectivity index (χ0v) is 17.0. The van der Waals surface area contributed by atoms with Crippen molar-refractivity contribution in [1.29, 1.82) is 0 Å². The maximum absolute atomic E-state index is 12.1. The largest absolute Gasteiger partial charge is 0.354 e. The summed E-state index contributed by atoms with van der Waals surface area (Å²) in [7, 11) is 0. The van der Waals surface area contributed by atoms with Crippen molar-refractivity contribution in [2.24, 2.45) is 28.6 Å². The molecule has 136 valence electrons. The van der Waals surface area contributed by atoms with Gasteiger partial charge in [-0.15, -0.1) is 0 Å². The van der Waals surface area contributed by atoms with Crippen molar-refractivity contribution in [3.63, 3.8) is 0 Å². The first kappa shape index (κ1) is 20.8. The van der Waals surface area contributed by atoms with Crippen molar-refractivity contribution >= 4 is 5.91 Å². The molecule has 1 amide bonds. The van der Waals surface area contributed by atoms with Crippen LogP contribution in [0.15, 0.2) is 12.2 Å². The number of hydrogen-bond donors (Lipinski definition) is 1. The highest BCUT2D eigenvalue weighted by atomic mass is 16.1. The summed E-state index contributed by atoms with van der Waals surface area (Å²) in [5.41, 5.74) is -0.135. The van der Waals surface area contributed by atoms with E-state index in [2.05, 4.69) is 63.9 Å². The van der Waals surface area contributed by atoms with Gasteiger partial charge in [0.05, 0.1) is 0 Å². The summed E-state index contributed by atoms with van der Waals surface area (Å²) in [6.45, 7) is 17.0. The van der Waals surface area contributed by atoms with Crippen LogP contribution in [-0.4, -0.2) is 11.9 Å². The molecule has 0 radical (unpaired) electrons. The minimum atomic E-state index is -0.149. The highest BCUT2D eigenvalue weighted by Gasteiger charge is 2.26. The Morgan fingerprint density at radius 1 is 1.12 bits per heavy atom. The minimum absolute atomic E-state index is 0.0137. The number of hydrogen-bond acceptors (Lipinski definition) is 1. The SMILES string of the molecule is CC1C=CC(CC(C)(C)C#CC(C)(C)CC(C)C(=O)NC(C)C)C1. The van der Waals surface area contributed by atoms with Gasteiger partial charge in [0, 0.05) is 22.8 Å². The Kier molecular flexibility index (Phi) is 7.14. The van der Waals surface area contributed by atoms with Crippen LogP contribution in [0.25, 0.3) is 0 Å². The van der Waals surface area contributed by atoms with Crippen LogP contribution in [0.3, 0.4) is 0 Å². The lowest BCUT2D eigenvalue weighted by Gasteiger charge is -2.25. The van der Waals surface area contributed by atoms with Gasteiger partial charge in [0.2, 0.25) is 5.91 Å². The monoisotopic (exact) mass is 331 g/mol. The lowest BCUT2D eigenvalue weighted by molar-refractivity contribution is -0.125. The topological polar surface area (TPSA) is 29.1 Å². The van der Waals surface area contributed by atoms with Crippen molar-refractivity contribution in [3.05, 3.63) is 12.2 Å².